The Morgan fingerprint density at radius 2 is 1.68 bits per heavy atom. The molecule has 0 bridgehead atoms. The second-order valence-corrected chi connectivity index (χ2v) is 15.6. The number of aromatic amines is 1. The summed E-state index contributed by atoms with van der Waals surface area (Å²) in [7, 11) is -0.556. The lowest BCUT2D eigenvalue weighted by Crippen LogP contribution is -2.48. The monoisotopic (exact) mass is 706 g/mol. The molecular formula is C36H48BClN6O6. The Hall–Kier alpha value is -3.94. The SMILES string of the molecule is CC(C)(C)OC(=O)NCC1CCC(C(=O)NC(Cc2cccc(B3OC(C)(C)C(C)(C)O3)c2)C(=O)Nc2ccc(-c3n[nH]c(Cl)n3)cc2)CC1. The van der Waals surface area contributed by atoms with E-state index in [1.165, 1.54) is 0 Å². The van der Waals surface area contributed by atoms with E-state index in [-0.39, 0.29) is 35.4 Å². The first-order chi connectivity index (χ1) is 23.5. The van der Waals surface area contributed by atoms with Gasteiger partial charge in [-0.2, -0.15) is 10.1 Å². The second kappa shape index (κ2) is 15.1. The third kappa shape index (κ3) is 9.64. The van der Waals surface area contributed by atoms with Gasteiger partial charge in [0.25, 0.3) is 0 Å². The van der Waals surface area contributed by atoms with Crippen molar-refractivity contribution >= 4 is 47.8 Å². The van der Waals surface area contributed by atoms with Crippen LogP contribution in [0.15, 0.2) is 48.5 Å². The molecule has 2 aromatic carbocycles. The molecule has 1 aliphatic carbocycles. The zero-order valence-corrected chi connectivity index (χ0v) is 30.6. The maximum Gasteiger partial charge on any atom is 0.494 e. The number of H-pyrrole nitrogens is 1. The van der Waals surface area contributed by atoms with Crippen LogP contribution in [-0.4, -0.2) is 69.6 Å². The minimum atomic E-state index is -0.853. The molecule has 2 fully saturated rings. The Balaban J connectivity index is 1.26. The van der Waals surface area contributed by atoms with Crippen molar-refractivity contribution in [3.05, 3.63) is 59.4 Å². The van der Waals surface area contributed by atoms with Gasteiger partial charge in [0, 0.05) is 30.1 Å². The number of rotatable bonds is 10. The molecule has 3 amide bonds. The number of nitrogens with one attached hydrogen (secondary N) is 4. The minimum absolute atomic E-state index is 0.164. The van der Waals surface area contributed by atoms with Gasteiger partial charge in [0.2, 0.25) is 17.1 Å². The lowest BCUT2D eigenvalue weighted by Gasteiger charge is -2.32. The predicted molar refractivity (Wildman–Crippen MR) is 193 cm³/mol. The molecule has 1 saturated heterocycles. The zero-order chi connectivity index (χ0) is 36.3. The van der Waals surface area contributed by atoms with E-state index in [0.29, 0.717) is 30.9 Å². The number of carbonyl (C=O) groups excluding carboxylic acids is 3. The summed E-state index contributed by atoms with van der Waals surface area (Å²) < 4.78 is 17.9. The quantitative estimate of drug-likeness (QED) is 0.204. The Morgan fingerprint density at radius 3 is 2.28 bits per heavy atom. The van der Waals surface area contributed by atoms with Crippen LogP contribution in [-0.2, 0) is 30.1 Å². The first kappa shape index (κ1) is 37.3. The summed E-state index contributed by atoms with van der Waals surface area (Å²) in [6.07, 6.45) is 2.70. The first-order valence-corrected chi connectivity index (χ1v) is 17.6. The van der Waals surface area contributed by atoms with Crippen molar-refractivity contribution in [1.82, 2.24) is 25.8 Å². The third-order valence-corrected chi connectivity index (χ3v) is 9.74. The van der Waals surface area contributed by atoms with Gasteiger partial charge in [0.1, 0.15) is 11.6 Å². The number of hydrogen-bond acceptors (Lipinski definition) is 8. The zero-order valence-electron chi connectivity index (χ0n) is 29.9. The number of aromatic nitrogens is 3. The largest absolute Gasteiger partial charge is 0.494 e. The molecule has 4 N–H and O–H groups in total. The highest BCUT2D eigenvalue weighted by atomic mass is 35.5. The fourth-order valence-corrected chi connectivity index (χ4v) is 6.18. The average Bonchev–Trinajstić information content (AvgIpc) is 3.57. The first-order valence-electron chi connectivity index (χ1n) is 17.2. The van der Waals surface area contributed by atoms with Crippen LogP contribution in [0.4, 0.5) is 10.5 Å². The molecule has 12 nitrogen and oxygen atoms in total. The molecule has 3 aromatic rings. The Morgan fingerprint density at radius 1 is 1.02 bits per heavy atom. The summed E-state index contributed by atoms with van der Waals surface area (Å²) in [6.45, 7) is 14.0. The smallest absolute Gasteiger partial charge is 0.444 e. The summed E-state index contributed by atoms with van der Waals surface area (Å²) >= 11 is 5.88. The normalized spacial score (nSPS) is 20.5. The maximum absolute atomic E-state index is 13.8. The Labute approximate surface area is 299 Å². The number of amides is 3. The highest BCUT2D eigenvalue weighted by Gasteiger charge is 2.51. The van der Waals surface area contributed by atoms with Gasteiger partial charge >= 0.3 is 13.2 Å². The lowest BCUT2D eigenvalue weighted by molar-refractivity contribution is -0.130. The standard InChI is InChI=1S/C36H48BClN6O6/c1-34(2,3)48-33(47)39-21-22-11-13-25(14-12-22)30(45)41-28(31(46)40-27-17-15-24(16-18-27)29-42-32(38)44-43-29)20-23-9-8-10-26(19-23)37-49-35(4,5)36(6,7)50-37/h8-10,15-19,22,25,28H,11-14,20-21H2,1-7H3,(H,39,47)(H,40,46)(H,41,45)(H,42,43,44). The van der Waals surface area contributed by atoms with Crippen LogP contribution in [0.2, 0.25) is 5.28 Å². The highest BCUT2D eigenvalue weighted by molar-refractivity contribution is 6.62. The topological polar surface area (TPSA) is 157 Å². The minimum Gasteiger partial charge on any atom is -0.444 e. The van der Waals surface area contributed by atoms with Gasteiger partial charge < -0.3 is 30.0 Å². The van der Waals surface area contributed by atoms with E-state index >= 15 is 0 Å². The molecule has 1 aromatic heterocycles. The van der Waals surface area contributed by atoms with Crippen molar-refractivity contribution < 1.29 is 28.4 Å². The van der Waals surface area contributed by atoms with Gasteiger partial charge in [-0.15, -0.1) is 0 Å². The summed E-state index contributed by atoms with van der Waals surface area (Å²) in [6, 6.07) is 14.0. The van der Waals surface area contributed by atoms with Crippen molar-refractivity contribution in [3.8, 4) is 11.4 Å². The van der Waals surface area contributed by atoms with Crippen molar-refractivity contribution in [3.63, 3.8) is 0 Å². The van der Waals surface area contributed by atoms with Crippen molar-refractivity contribution in [2.45, 2.75) is 103 Å². The van der Waals surface area contributed by atoms with Gasteiger partial charge in [-0.3, -0.25) is 9.59 Å². The van der Waals surface area contributed by atoms with Crippen molar-refractivity contribution in [1.29, 1.82) is 0 Å². The van der Waals surface area contributed by atoms with Crippen LogP contribution < -0.4 is 21.4 Å². The van der Waals surface area contributed by atoms with E-state index in [9.17, 15) is 14.4 Å². The van der Waals surface area contributed by atoms with Crippen molar-refractivity contribution in [2.24, 2.45) is 11.8 Å². The van der Waals surface area contributed by atoms with Gasteiger partial charge in [-0.25, -0.2) is 9.89 Å². The molecule has 1 saturated carbocycles. The number of halogens is 1. The van der Waals surface area contributed by atoms with E-state index in [2.05, 4.69) is 31.1 Å². The molecule has 1 unspecified atom stereocenters. The third-order valence-electron chi connectivity index (χ3n) is 9.57. The molecule has 2 aliphatic rings. The van der Waals surface area contributed by atoms with E-state index in [0.717, 1.165) is 29.4 Å². The lowest BCUT2D eigenvalue weighted by atomic mass is 9.78. The summed E-state index contributed by atoms with van der Waals surface area (Å²) in [5.74, 6) is -0.0631. The summed E-state index contributed by atoms with van der Waals surface area (Å²) in [5.41, 5.74) is 1.43. The summed E-state index contributed by atoms with van der Waals surface area (Å²) in [5, 5.41) is 15.7. The number of carbonyl (C=O) groups is 3. The maximum atomic E-state index is 13.8. The molecule has 0 radical (unpaired) electrons. The molecule has 1 aliphatic heterocycles. The van der Waals surface area contributed by atoms with Gasteiger partial charge in [-0.05, 0) is 127 Å². The number of alkyl carbamates (subject to hydrolysis) is 1. The van der Waals surface area contributed by atoms with Crippen LogP contribution in [0.3, 0.4) is 0 Å². The van der Waals surface area contributed by atoms with Crippen LogP contribution in [0.25, 0.3) is 11.4 Å². The molecule has 5 rings (SSSR count). The van der Waals surface area contributed by atoms with E-state index in [1.807, 2.05) is 72.7 Å². The molecule has 2 heterocycles. The van der Waals surface area contributed by atoms with E-state index in [4.69, 9.17) is 25.6 Å². The van der Waals surface area contributed by atoms with Gasteiger partial charge in [0.05, 0.1) is 11.2 Å². The number of ether oxygens (including phenoxy) is 1. The molecular weight excluding hydrogens is 659 g/mol. The molecule has 50 heavy (non-hydrogen) atoms. The van der Waals surface area contributed by atoms with Crippen molar-refractivity contribution in [2.75, 3.05) is 11.9 Å². The molecule has 268 valence electrons. The number of hydrogen-bond donors (Lipinski definition) is 4. The second-order valence-electron chi connectivity index (χ2n) is 15.2. The number of nitrogens with zero attached hydrogens (tertiary/aromatic N) is 2. The van der Waals surface area contributed by atoms with Crippen LogP contribution in [0.5, 0.6) is 0 Å². The van der Waals surface area contributed by atoms with Gasteiger partial charge in [0.15, 0.2) is 5.82 Å². The Kier molecular flexibility index (Phi) is 11.3. The van der Waals surface area contributed by atoms with E-state index < -0.39 is 36.1 Å². The molecule has 14 heteroatoms. The average molecular weight is 707 g/mol. The predicted octanol–water partition coefficient (Wildman–Crippen LogP) is 5.42. The highest BCUT2D eigenvalue weighted by Crippen LogP contribution is 2.36. The van der Waals surface area contributed by atoms with Crippen LogP contribution in [0, 0.1) is 11.8 Å². The van der Waals surface area contributed by atoms with Gasteiger partial charge in [-0.1, -0.05) is 24.3 Å². The number of anilines is 1. The molecule has 0 spiro atoms. The molecule has 1 atom stereocenters. The van der Waals surface area contributed by atoms with E-state index in [1.54, 1.807) is 24.3 Å². The van der Waals surface area contributed by atoms with Crippen LogP contribution >= 0.6 is 11.6 Å². The fourth-order valence-electron chi connectivity index (χ4n) is 6.05. The summed E-state index contributed by atoms with van der Waals surface area (Å²) in [4.78, 5) is 43.7. The fraction of sp³-hybridized carbons (Fsp3) is 0.528. The van der Waals surface area contributed by atoms with Crippen LogP contribution in [0.1, 0.15) is 79.7 Å². The Bertz CT molecular complexity index is 1650. The number of benzene rings is 2.